The molecule has 70 valence electrons. The molecule has 2 aromatic rings. The van der Waals surface area contributed by atoms with E-state index in [9.17, 15) is 4.79 Å². The standard InChI is InChI=1S/C11H8ClNO/c1-7(14)11-6-9(12)8-4-2-3-5-10(8)13-11/h2-6H,1H3. The molecule has 1 heterocycles. The number of pyridine rings is 1. The van der Waals surface area contributed by atoms with Gasteiger partial charge in [-0.25, -0.2) is 4.98 Å². The van der Waals surface area contributed by atoms with Crippen LogP contribution in [0.4, 0.5) is 0 Å². The molecule has 2 rings (SSSR count). The smallest absolute Gasteiger partial charge is 0.178 e. The van der Waals surface area contributed by atoms with E-state index in [4.69, 9.17) is 11.6 Å². The van der Waals surface area contributed by atoms with Crippen molar-refractivity contribution < 1.29 is 4.79 Å². The van der Waals surface area contributed by atoms with Gasteiger partial charge in [-0.15, -0.1) is 0 Å². The third-order valence-electron chi connectivity index (χ3n) is 2.03. The molecule has 0 N–H and O–H groups in total. The topological polar surface area (TPSA) is 30.0 Å². The molecule has 1 aromatic heterocycles. The number of halogens is 1. The van der Waals surface area contributed by atoms with Gasteiger partial charge in [0.05, 0.1) is 10.5 Å². The molecule has 0 atom stereocenters. The van der Waals surface area contributed by atoms with E-state index in [0.717, 1.165) is 10.9 Å². The summed E-state index contributed by atoms with van der Waals surface area (Å²) in [6.45, 7) is 1.48. The van der Waals surface area contributed by atoms with Gasteiger partial charge in [0.15, 0.2) is 5.78 Å². The molecule has 14 heavy (non-hydrogen) atoms. The highest BCUT2D eigenvalue weighted by Crippen LogP contribution is 2.22. The van der Waals surface area contributed by atoms with E-state index < -0.39 is 0 Å². The van der Waals surface area contributed by atoms with Crippen LogP contribution in [0.1, 0.15) is 17.4 Å². The first-order valence-corrected chi connectivity index (χ1v) is 4.62. The molecule has 0 unspecified atom stereocenters. The number of rotatable bonds is 1. The van der Waals surface area contributed by atoms with Crippen molar-refractivity contribution in [3.8, 4) is 0 Å². The lowest BCUT2D eigenvalue weighted by atomic mass is 10.2. The van der Waals surface area contributed by atoms with Gasteiger partial charge in [0.1, 0.15) is 5.69 Å². The molecular weight excluding hydrogens is 198 g/mol. The maximum Gasteiger partial charge on any atom is 0.178 e. The van der Waals surface area contributed by atoms with Gasteiger partial charge < -0.3 is 0 Å². The number of hydrogen-bond donors (Lipinski definition) is 0. The SMILES string of the molecule is CC(=O)c1cc(Cl)c2ccccc2n1. The van der Waals surface area contributed by atoms with Crippen LogP contribution in [0.25, 0.3) is 10.9 Å². The van der Waals surface area contributed by atoms with Gasteiger partial charge >= 0.3 is 0 Å². The number of fused-ring (bicyclic) bond motifs is 1. The molecule has 0 aliphatic carbocycles. The molecule has 3 heteroatoms. The Hall–Kier alpha value is -1.41. The van der Waals surface area contributed by atoms with Crippen LogP contribution in [0.5, 0.6) is 0 Å². The van der Waals surface area contributed by atoms with Crippen LogP contribution in [-0.2, 0) is 0 Å². The average molecular weight is 206 g/mol. The lowest BCUT2D eigenvalue weighted by Gasteiger charge is -2.01. The van der Waals surface area contributed by atoms with E-state index in [0.29, 0.717) is 10.7 Å². The van der Waals surface area contributed by atoms with Gasteiger partial charge in [0.25, 0.3) is 0 Å². The Kier molecular flexibility index (Phi) is 2.22. The lowest BCUT2D eigenvalue weighted by Crippen LogP contribution is -1.96. The van der Waals surface area contributed by atoms with Gasteiger partial charge in [0, 0.05) is 12.3 Å². The molecule has 0 aliphatic heterocycles. The zero-order valence-corrected chi connectivity index (χ0v) is 8.38. The number of ketones is 1. The fraction of sp³-hybridized carbons (Fsp3) is 0.0909. The minimum Gasteiger partial charge on any atom is -0.293 e. The molecular formula is C11H8ClNO. The van der Waals surface area contributed by atoms with Crippen molar-refractivity contribution >= 4 is 28.3 Å². The zero-order valence-electron chi connectivity index (χ0n) is 7.62. The van der Waals surface area contributed by atoms with Gasteiger partial charge in [-0.1, -0.05) is 29.8 Å². The Balaban J connectivity index is 2.78. The summed E-state index contributed by atoms with van der Waals surface area (Å²) in [7, 11) is 0. The molecule has 0 spiro atoms. The van der Waals surface area contributed by atoms with Crippen molar-refractivity contribution in [2.75, 3.05) is 0 Å². The van der Waals surface area contributed by atoms with Crippen molar-refractivity contribution in [3.63, 3.8) is 0 Å². The fourth-order valence-corrected chi connectivity index (χ4v) is 1.58. The highest BCUT2D eigenvalue weighted by molar-refractivity contribution is 6.35. The van der Waals surface area contributed by atoms with E-state index >= 15 is 0 Å². The summed E-state index contributed by atoms with van der Waals surface area (Å²) in [4.78, 5) is 15.3. The Morgan fingerprint density at radius 2 is 2.07 bits per heavy atom. The number of nitrogens with zero attached hydrogens (tertiary/aromatic N) is 1. The van der Waals surface area contributed by atoms with Crippen molar-refractivity contribution in [3.05, 3.63) is 41.0 Å². The van der Waals surface area contributed by atoms with E-state index in [1.54, 1.807) is 6.07 Å². The maximum absolute atomic E-state index is 11.1. The van der Waals surface area contributed by atoms with Crippen molar-refractivity contribution in [1.82, 2.24) is 4.98 Å². The second kappa shape index (κ2) is 3.39. The number of carbonyl (C=O) groups excluding carboxylic acids is 1. The number of para-hydroxylation sites is 1. The Bertz CT molecular complexity index is 508. The Morgan fingerprint density at radius 1 is 1.36 bits per heavy atom. The summed E-state index contributed by atoms with van der Waals surface area (Å²) < 4.78 is 0. The third kappa shape index (κ3) is 1.49. The predicted octanol–water partition coefficient (Wildman–Crippen LogP) is 3.09. The Labute approximate surface area is 86.5 Å². The van der Waals surface area contributed by atoms with E-state index in [2.05, 4.69) is 4.98 Å². The van der Waals surface area contributed by atoms with Crippen LogP contribution in [-0.4, -0.2) is 10.8 Å². The van der Waals surface area contributed by atoms with Crippen LogP contribution >= 0.6 is 11.6 Å². The summed E-state index contributed by atoms with van der Waals surface area (Å²) in [5, 5.41) is 1.44. The second-order valence-electron chi connectivity index (χ2n) is 3.06. The van der Waals surface area contributed by atoms with E-state index in [1.807, 2.05) is 24.3 Å². The zero-order chi connectivity index (χ0) is 10.1. The predicted molar refractivity (Wildman–Crippen MR) is 56.8 cm³/mol. The largest absolute Gasteiger partial charge is 0.293 e. The quantitative estimate of drug-likeness (QED) is 0.670. The van der Waals surface area contributed by atoms with Crippen LogP contribution in [0.15, 0.2) is 30.3 Å². The fourth-order valence-electron chi connectivity index (χ4n) is 1.31. The molecule has 0 amide bonds. The van der Waals surface area contributed by atoms with Crippen molar-refractivity contribution in [2.24, 2.45) is 0 Å². The van der Waals surface area contributed by atoms with Gasteiger partial charge in [-0.2, -0.15) is 0 Å². The Morgan fingerprint density at radius 3 is 2.79 bits per heavy atom. The average Bonchev–Trinajstić information content (AvgIpc) is 2.17. The van der Waals surface area contributed by atoms with Crippen molar-refractivity contribution in [1.29, 1.82) is 0 Å². The molecule has 0 radical (unpaired) electrons. The van der Waals surface area contributed by atoms with Crippen molar-refractivity contribution in [2.45, 2.75) is 6.92 Å². The first-order valence-electron chi connectivity index (χ1n) is 4.25. The second-order valence-corrected chi connectivity index (χ2v) is 3.47. The summed E-state index contributed by atoms with van der Waals surface area (Å²) in [5.74, 6) is -0.0716. The minimum absolute atomic E-state index is 0.0716. The summed E-state index contributed by atoms with van der Waals surface area (Å²) >= 11 is 6.01. The molecule has 0 bridgehead atoms. The van der Waals surface area contributed by atoms with Gasteiger partial charge in [0.2, 0.25) is 0 Å². The first kappa shape index (κ1) is 9.16. The molecule has 0 saturated heterocycles. The van der Waals surface area contributed by atoms with E-state index in [1.165, 1.54) is 6.92 Å². The molecule has 0 fully saturated rings. The number of carbonyl (C=O) groups is 1. The number of Topliss-reactive ketones (excluding diaryl/α,β-unsaturated/α-hetero) is 1. The van der Waals surface area contributed by atoms with Gasteiger partial charge in [-0.05, 0) is 12.1 Å². The molecule has 1 aromatic carbocycles. The van der Waals surface area contributed by atoms with Crippen LogP contribution in [0, 0.1) is 0 Å². The van der Waals surface area contributed by atoms with Crippen LogP contribution in [0.2, 0.25) is 5.02 Å². The molecule has 2 nitrogen and oxygen atoms in total. The summed E-state index contributed by atoms with van der Waals surface area (Å²) in [6.07, 6.45) is 0. The highest BCUT2D eigenvalue weighted by Gasteiger charge is 2.06. The number of hydrogen-bond acceptors (Lipinski definition) is 2. The van der Waals surface area contributed by atoms with Crippen LogP contribution < -0.4 is 0 Å². The van der Waals surface area contributed by atoms with Crippen LogP contribution in [0.3, 0.4) is 0 Å². The van der Waals surface area contributed by atoms with E-state index in [-0.39, 0.29) is 5.78 Å². The number of benzene rings is 1. The lowest BCUT2D eigenvalue weighted by molar-refractivity contribution is 0.101. The molecule has 0 saturated carbocycles. The number of aromatic nitrogens is 1. The maximum atomic E-state index is 11.1. The molecule has 0 aliphatic rings. The summed E-state index contributed by atoms with van der Waals surface area (Å²) in [6, 6.07) is 9.09. The van der Waals surface area contributed by atoms with Gasteiger partial charge in [-0.3, -0.25) is 4.79 Å². The third-order valence-corrected chi connectivity index (χ3v) is 2.34. The minimum atomic E-state index is -0.0716. The normalized spacial score (nSPS) is 10.4. The monoisotopic (exact) mass is 205 g/mol. The summed E-state index contributed by atoms with van der Waals surface area (Å²) in [5.41, 5.74) is 1.17. The first-order chi connectivity index (χ1) is 6.68. The highest BCUT2D eigenvalue weighted by atomic mass is 35.5.